The van der Waals surface area contributed by atoms with E-state index >= 15 is 0 Å². The van der Waals surface area contributed by atoms with Crippen LogP contribution in [0.25, 0.3) is 0 Å². The molecule has 0 spiro atoms. The number of halogens is 2. The fourth-order valence-electron chi connectivity index (χ4n) is 3.80. The summed E-state index contributed by atoms with van der Waals surface area (Å²) in [5.74, 6) is 0. The fourth-order valence-corrected chi connectivity index (χ4v) is 6.18. The van der Waals surface area contributed by atoms with Gasteiger partial charge in [0.1, 0.15) is 5.15 Å². The molecule has 1 aliphatic rings. The van der Waals surface area contributed by atoms with Crippen molar-refractivity contribution in [2.45, 2.75) is 25.3 Å². The molecule has 1 aromatic heterocycles. The number of aromatic nitrogens is 1. The van der Waals surface area contributed by atoms with Gasteiger partial charge in [-0.2, -0.15) is 0 Å². The Balaban J connectivity index is 0.00000150. The number of hydrogen-bond acceptors (Lipinski definition) is 2. The summed E-state index contributed by atoms with van der Waals surface area (Å²) in [4.78, 5) is 4.62. The van der Waals surface area contributed by atoms with Crippen LogP contribution >= 0.6 is 31.9 Å². The Bertz CT molecular complexity index is 841. The maximum Gasteiger partial charge on any atom is 0.129 e. The van der Waals surface area contributed by atoms with Crippen molar-refractivity contribution in [3.8, 4) is 0 Å². The zero-order valence-corrected chi connectivity index (χ0v) is 21.9. The van der Waals surface area contributed by atoms with Crippen LogP contribution in [0, 0.1) is 0 Å². The predicted octanol–water partition coefficient (Wildman–Crippen LogP) is 5.25. The topological polar surface area (TPSA) is 24.9 Å². The van der Waals surface area contributed by atoms with Gasteiger partial charge in [0.15, 0.2) is 0 Å². The zero-order chi connectivity index (χ0) is 18.5. The second-order valence-corrected chi connectivity index (χ2v) is 9.62. The molecule has 2 aromatic carbocycles. The third-order valence-electron chi connectivity index (χ3n) is 5.11. The van der Waals surface area contributed by atoms with Crippen molar-refractivity contribution in [2.24, 2.45) is 0 Å². The summed E-state index contributed by atoms with van der Waals surface area (Å²) >= 11 is 6.15. The van der Waals surface area contributed by atoms with Crippen LogP contribution < -0.4 is 15.9 Å². The maximum absolute atomic E-state index is 6.15. The van der Waals surface area contributed by atoms with Gasteiger partial charge in [-0.25, -0.2) is 4.98 Å². The van der Waals surface area contributed by atoms with Gasteiger partial charge in [-0.05, 0) is 55.6 Å². The van der Waals surface area contributed by atoms with Gasteiger partial charge in [-0.15, -0.1) is 12.4 Å². The van der Waals surface area contributed by atoms with Gasteiger partial charge >= 0.3 is 0 Å². The number of fused-ring (bicyclic) bond motifs is 1. The molecule has 1 heterocycles. The van der Waals surface area contributed by atoms with E-state index in [1.165, 1.54) is 22.6 Å². The smallest absolute Gasteiger partial charge is 0.129 e. The van der Waals surface area contributed by atoms with Gasteiger partial charge in [0, 0.05) is 32.1 Å². The quantitative estimate of drug-likeness (QED) is 0.286. The molecule has 0 aliphatic heterocycles. The fraction of sp³-hybridized carbons (Fsp3) is 0.261. The molecule has 29 heavy (non-hydrogen) atoms. The monoisotopic (exact) mass is 494 g/mol. The van der Waals surface area contributed by atoms with E-state index in [0.717, 1.165) is 31.2 Å². The average Bonchev–Trinajstić information content (AvgIpc) is 2.73. The number of aryl methyl sites for hydroxylation is 1. The van der Waals surface area contributed by atoms with E-state index in [9.17, 15) is 0 Å². The molecule has 0 saturated carbocycles. The van der Waals surface area contributed by atoms with Crippen molar-refractivity contribution in [3.63, 3.8) is 0 Å². The molecule has 0 fully saturated rings. The Labute approximate surface area is 198 Å². The Morgan fingerprint density at radius 3 is 2.17 bits per heavy atom. The molecule has 1 atom stereocenters. The molecular weight excluding hydrogens is 472 g/mol. The zero-order valence-electron chi connectivity index (χ0n) is 16.4. The molecular formula is C23H25Cl2N2PZn. The van der Waals surface area contributed by atoms with Gasteiger partial charge in [-0.3, -0.25) is 0 Å². The minimum atomic E-state index is -0.360. The number of nitrogens with one attached hydrogen (secondary N) is 1. The average molecular weight is 497 g/mol. The van der Waals surface area contributed by atoms with Crippen LogP contribution in [0.15, 0.2) is 72.8 Å². The second-order valence-electron chi connectivity index (χ2n) is 6.90. The third kappa shape index (κ3) is 6.33. The summed E-state index contributed by atoms with van der Waals surface area (Å²) in [5.41, 5.74) is 2.49. The van der Waals surface area contributed by atoms with Crippen LogP contribution in [-0.2, 0) is 25.9 Å². The van der Waals surface area contributed by atoms with Crippen molar-refractivity contribution in [1.29, 1.82) is 0 Å². The van der Waals surface area contributed by atoms with E-state index in [4.69, 9.17) is 11.6 Å². The van der Waals surface area contributed by atoms with Crippen molar-refractivity contribution in [1.82, 2.24) is 10.3 Å². The summed E-state index contributed by atoms with van der Waals surface area (Å²) in [7, 11) is -0.360. The van der Waals surface area contributed by atoms with Gasteiger partial charge in [0.2, 0.25) is 0 Å². The summed E-state index contributed by atoms with van der Waals surface area (Å²) < 4.78 is 0. The first-order chi connectivity index (χ1) is 13.3. The van der Waals surface area contributed by atoms with Crippen LogP contribution in [0.1, 0.15) is 30.1 Å². The summed E-state index contributed by atoms with van der Waals surface area (Å²) in [6, 6.07) is 26.2. The summed E-state index contributed by atoms with van der Waals surface area (Å²) in [5, 5.41) is 7.24. The van der Waals surface area contributed by atoms with Crippen LogP contribution in [-0.4, -0.2) is 17.7 Å². The molecule has 1 aliphatic carbocycles. The third-order valence-corrected chi connectivity index (χ3v) is 7.83. The van der Waals surface area contributed by atoms with Crippen LogP contribution in [0.5, 0.6) is 0 Å². The molecule has 2 nitrogen and oxygen atoms in total. The van der Waals surface area contributed by atoms with Crippen LogP contribution in [0.2, 0.25) is 5.15 Å². The van der Waals surface area contributed by atoms with E-state index in [2.05, 4.69) is 77.0 Å². The van der Waals surface area contributed by atoms with Gasteiger partial charge < -0.3 is 5.32 Å². The molecule has 0 bridgehead atoms. The second kappa shape index (κ2) is 12.1. The normalized spacial score (nSPS) is 15.2. The minimum absolute atomic E-state index is 0. The molecule has 6 heteroatoms. The van der Waals surface area contributed by atoms with E-state index < -0.39 is 0 Å². The Morgan fingerprint density at radius 2 is 1.55 bits per heavy atom. The van der Waals surface area contributed by atoms with E-state index in [1.807, 2.05) is 6.07 Å². The summed E-state index contributed by atoms with van der Waals surface area (Å²) in [6.45, 7) is 0.980. The Kier molecular flexibility index (Phi) is 10.2. The van der Waals surface area contributed by atoms with Crippen molar-refractivity contribution >= 4 is 42.5 Å². The van der Waals surface area contributed by atoms with E-state index in [1.54, 1.807) is 0 Å². The van der Waals surface area contributed by atoms with Crippen molar-refractivity contribution in [3.05, 3.63) is 89.2 Å². The van der Waals surface area contributed by atoms with Crippen molar-refractivity contribution in [2.75, 3.05) is 12.7 Å². The standard InChI is InChI=1S/C23H24ClN2P.ClH.Zn/c24-22-15-14-18-8-7-13-21(23(18)26-22)25-16-17-27(19-9-3-1-4-10-19)20-11-5-2-6-12-20;;/h1-6,9-12,14-15,21,25H,7-8,13,16-17H2;1H;. The maximum atomic E-state index is 6.15. The first-order valence-corrected chi connectivity index (χ1v) is 11.5. The SMILES string of the molecule is Cl.Clc1ccc2c(n1)C(NCCP(c1ccccc1)c1ccccc1)CCC2.[Zn]. The van der Waals surface area contributed by atoms with Crippen LogP contribution in [0.3, 0.4) is 0 Å². The Morgan fingerprint density at radius 1 is 0.931 bits per heavy atom. The van der Waals surface area contributed by atoms with Gasteiger partial charge in [-0.1, -0.05) is 78.3 Å². The van der Waals surface area contributed by atoms with Crippen LogP contribution in [0.4, 0.5) is 0 Å². The molecule has 3 aromatic rings. The molecule has 0 amide bonds. The Hall–Kier alpha value is -0.817. The van der Waals surface area contributed by atoms with Gasteiger partial charge in [0.25, 0.3) is 0 Å². The number of rotatable bonds is 6. The predicted molar refractivity (Wildman–Crippen MR) is 124 cm³/mol. The van der Waals surface area contributed by atoms with E-state index in [0.29, 0.717) is 11.2 Å². The minimum Gasteiger partial charge on any atom is -0.308 e. The van der Waals surface area contributed by atoms with Gasteiger partial charge in [0.05, 0.1) is 5.69 Å². The molecule has 0 saturated heterocycles. The molecule has 4 rings (SSSR count). The molecule has 1 unspecified atom stereocenters. The largest absolute Gasteiger partial charge is 0.308 e. The number of nitrogens with zero attached hydrogens (tertiary/aromatic N) is 1. The first kappa shape index (κ1) is 24.5. The van der Waals surface area contributed by atoms with E-state index in [-0.39, 0.29) is 39.8 Å². The molecule has 148 valence electrons. The number of hydrogen-bond donors (Lipinski definition) is 1. The summed E-state index contributed by atoms with van der Waals surface area (Å²) in [6.07, 6.45) is 4.57. The molecule has 0 radical (unpaired) electrons. The number of benzene rings is 2. The number of pyridine rings is 1. The molecule has 1 N–H and O–H groups in total. The van der Waals surface area contributed by atoms with Crippen molar-refractivity contribution < 1.29 is 19.5 Å². The first-order valence-electron chi connectivity index (χ1n) is 9.57.